The molecule has 1 unspecified atom stereocenters. The molecule has 1 heterocycles. The first kappa shape index (κ1) is 17.8. The van der Waals surface area contributed by atoms with Gasteiger partial charge in [-0.25, -0.2) is 0 Å². The molecule has 0 aromatic heterocycles. The smallest absolute Gasteiger partial charge is 0.223 e. The molecular formula is C21H31NOS. The summed E-state index contributed by atoms with van der Waals surface area (Å²) in [4.78, 5) is 14.8. The molecule has 1 aromatic carbocycles. The molecule has 1 aliphatic carbocycles. The molecule has 3 rings (SSSR count). The fraction of sp³-hybridized carbons (Fsp3) is 0.667. The van der Waals surface area contributed by atoms with E-state index in [-0.39, 0.29) is 10.8 Å². The van der Waals surface area contributed by atoms with Crippen LogP contribution in [0.2, 0.25) is 0 Å². The van der Waals surface area contributed by atoms with E-state index in [1.54, 1.807) is 0 Å². The summed E-state index contributed by atoms with van der Waals surface area (Å²) in [5.41, 5.74) is 2.81. The summed E-state index contributed by atoms with van der Waals surface area (Å²) in [6.07, 6.45) is 7.22. The Hall–Kier alpha value is -0.960. The minimum atomic E-state index is 0.179. The van der Waals surface area contributed by atoms with Crippen LogP contribution in [-0.4, -0.2) is 23.1 Å². The van der Waals surface area contributed by atoms with Gasteiger partial charge in [0.2, 0.25) is 5.91 Å². The summed E-state index contributed by atoms with van der Waals surface area (Å²) in [6.45, 7) is 7.63. The van der Waals surface area contributed by atoms with Crippen molar-refractivity contribution >= 4 is 17.7 Å². The Bertz CT molecular complexity index is 554. The number of carbonyl (C=O) groups excluding carboxylic acids is 1. The van der Waals surface area contributed by atoms with Crippen molar-refractivity contribution < 1.29 is 4.79 Å². The summed E-state index contributed by atoms with van der Waals surface area (Å²) in [6, 6.07) is 8.91. The Morgan fingerprint density at radius 2 is 1.83 bits per heavy atom. The van der Waals surface area contributed by atoms with Gasteiger partial charge in [0.1, 0.15) is 5.37 Å². The molecule has 2 aliphatic rings. The van der Waals surface area contributed by atoms with Gasteiger partial charge in [-0.15, -0.1) is 11.8 Å². The van der Waals surface area contributed by atoms with Crippen molar-refractivity contribution in [2.45, 2.75) is 70.1 Å². The molecule has 1 aliphatic heterocycles. The van der Waals surface area contributed by atoms with Gasteiger partial charge in [-0.05, 0) is 28.9 Å². The largest absolute Gasteiger partial charge is 0.326 e. The van der Waals surface area contributed by atoms with Crippen LogP contribution in [0.15, 0.2) is 24.3 Å². The van der Waals surface area contributed by atoms with E-state index in [4.69, 9.17) is 0 Å². The fourth-order valence-corrected chi connectivity index (χ4v) is 5.20. The Balaban J connectivity index is 1.62. The highest BCUT2D eigenvalue weighted by Crippen LogP contribution is 2.39. The van der Waals surface area contributed by atoms with Crippen molar-refractivity contribution in [2.75, 3.05) is 12.3 Å². The molecule has 1 saturated carbocycles. The van der Waals surface area contributed by atoms with Gasteiger partial charge in [0.25, 0.3) is 0 Å². The van der Waals surface area contributed by atoms with Crippen LogP contribution in [-0.2, 0) is 10.2 Å². The SMILES string of the molecule is CC(C)(C)c1ccc(C2SCCN2C(=O)CCC2CCCC2)cc1. The van der Waals surface area contributed by atoms with Gasteiger partial charge < -0.3 is 4.90 Å². The van der Waals surface area contributed by atoms with Crippen LogP contribution in [0.25, 0.3) is 0 Å². The molecule has 1 amide bonds. The maximum Gasteiger partial charge on any atom is 0.223 e. The topological polar surface area (TPSA) is 20.3 Å². The van der Waals surface area contributed by atoms with Gasteiger partial charge >= 0.3 is 0 Å². The van der Waals surface area contributed by atoms with Crippen molar-refractivity contribution in [3.63, 3.8) is 0 Å². The van der Waals surface area contributed by atoms with Crippen LogP contribution in [0, 0.1) is 5.92 Å². The molecule has 0 spiro atoms. The normalized spacial score (nSPS) is 22.3. The number of nitrogens with zero attached hydrogens (tertiary/aromatic N) is 1. The lowest BCUT2D eigenvalue weighted by Crippen LogP contribution is -2.30. The average molecular weight is 346 g/mol. The van der Waals surface area contributed by atoms with Gasteiger partial charge in [0, 0.05) is 18.7 Å². The zero-order valence-corrected chi connectivity index (χ0v) is 16.2. The molecule has 0 radical (unpaired) electrons. The Labute approximate surface area is 151 Å². The Morgan fingerprint density at radius 3 is 2.46 bits per heavy atom. The summed E-state index contributed by atoms with van der Waals surface area (Å²) in [7, 11) is 0. The maximum atomic E-state index is 12.7. The van der Waals surface area contributed by atoms with Crippen molar-refractivity contribution in [2.24, 2.45) is 5.92 Å². The molecule has 1 saturated heterocycles. The van der Waals surface area contributed by atoms with Crippen LogP contribution in [0.1, 0.15) is 75.8 Å². The van der Waals surface area contributed by atoms with Crippen molar-refractivity contribution in [3.05, 3.63) is 35.4 Å². The van der Waals surface area contributed by atoms with Crippen LogP contribution in [0.3, 0.4) is 0 Å². The first-order valence-electron chi connectivity index (χ1n) is 9.46. The lowest BCUT2D eigenvalue weighted by atomic mass is 9.86. The lowest BCUT2D eigenvalue weighted by Gasteiger charge is -2.26. The van der Waals surface area contributed by atoms with Gasteiger partial charge in [0.15, 0.2) is 0 Å². The molecule has 3 heteroatoms. The highest BCUT2D eigenvalue weighted by atomic mass is 32.2. The minimum Gasteiger partial charge on any atom is -0.326 e. The van der Waals surface area contributed by atoms with Crippen LogP contribution in [0.5, 0.6) is 0 Å². The van der Waals surface area contributed by atoms with Gasteiger partial charge in [-0.1, -0.05) is 70.7 Å². The summed E-state index contributed by atoms with van der Waals surface area (Å²) >= 11 is 1.91. The Morgan fingerprint density at radius 1 is 1.17 bits per heavy atom. The first-order chi connectivity index (χ1) is 11.4. The predicted molar refractivity (Wildman–Crippen MR) is 103 cm³/mol. The van der Waals surface area contributed by atoms with E-state index < -0.39 is 0 Å². The van der Waals surface area contributed by atoms with Crippen molar-refractivity contribution in [1.29, 1.82) is 0 Å². The fourth-order valence-electron chi connectivity index (χ4n) is 3.92. The first-order valence-corrected chi connectivity index (χ1v) is 10.5. The highest BCUT2D eigenvalue weighted by molar-refractivity contribution is 7.99. The zero-order valence-electron chi connectivity index (χ0n) is 15.4. The van der Waals surface area contributed by atoms with E-state index in [1.165, 1.54) is 36.8 Å². The summed E-state index contributed by atoms with van der Waals surface area (Å²) in [5, 5.41) is 0.218. The third-order valence-electron chi connectivity index (χ3n) is 5.51. The van der Waals surface area contributed by atoms with Crippen LogP contribution < -0.4 is 0 Å². The second-order valence-electron chi connectivity index (χ2n) is 8.37. The minimum absolute atomic E-state index is 0.179. The molecule has 0 N–H and O–H groups in total. The van der Waals surface area contributed by atoms with Crippen molar-refractivity contribution in [1.82, 2.24) is 4.90 Å². The maximum absolute atomic E-state index is 12.7. The molecule has 24 heavy (non-hydrogen) atoms. The number of hydrogen-bond donors (Lipinski definition) is 0. The van der Waals surface area contributed by atoms with Gasteiger partial charge in [0.05, 0.1) is 0 Å². The quantitative estimate of drug-likeness (QED) is 0.715. The number of thioether (sulfide) groups is 1. The van der Waals surface area contributed by atoms with E-state index in [0.29, 0.717) is 5.91 Å². The third kappa shape index (κ3) is 4.17. The molecule has 2 nitrogen and oxygen atoms in total. The Kier molecular flexibility index (Phi) is 5.59. The second-order valence-corrected chi connectivity index (χ2v) is 9.56. The number of rotatable bonds is 4. The molecule has 132 valence electrons. The van der Waals surface area contributed by atoms with Crippen molar-refractivity contribution in [3.8, 4) is 0 Å². The van der Waals surface area contributed by atoms with Gasteiger partial charge in [-0.3, -0.25) is 4.79 Å². The number of hydrogen-bond acceptors (Lipinski definition) is 2. The van der Waals surface area contributed by atoms with E-state index in [1.807, 2.05) is 11.8 Å². The van der Waals surface area contributed by atoms with E-state index in [9.17, 15) is 4.79 Å². The molecule has 1 atom stereocenters. The lowest BCUT2D eigenvalue weighted by molar-refractivity contribution is -0.131. The zero-order chi connectivity index (χ0) is 17.2. The summed E-state index contributed by atoms with van der Waals surface area (Å²) in [5.74, 6) is 2.21. The number of carbonyl (C=O) groups is 1. The number of amides is 1. The summed E-state index contributed by atoms with van der Waals surface area (Å²) < 4.78 is 0. The van der Waals surface area contributed by atoms with Gasteiger partial charge in [-0.2, -0.15) is 0 Å². The van der Waals surface area contributed by atoms with E-state index in [2.05, 4.69) is 49.9 Å². The monoisotopic (exact) mass is 345 g/mol. The van der Waals surface area contributed by atoms with E-state index >= 15 is 0 Å². The third-order valence-corrected chi connectivity index (χ3v) is 6.78. The molecule has 2 fully saturated rings. The average Bonchev–Trinajstić information content (AvgIpc) is 3.23. The van der Waals surface area contributed by atoms with Crippen LogP contribution >= 0.6 is 11.8 Å². The number of benzene rings is 1. The predicted octanol–water partition coefficient (Wildman–Crippen LogP) is 5.53. The second kappa shape index (κ2) is 7.51. The molecular weight excluding hydrogens is 314 g/mol. The standard InChI is InChI=1S/C21H31NOS/c1-21(2,3)18-11-9-17(10-12-18)20-22(14-15-24-20)19(23)13-8-16-6-4-5-7-16/h9-12,16,20H,4-8,13-15H2,1-3H3. The highest BCUT2D eigenvalue weighted by Gasteiger charge is 2.31. The molecule has 1 aromatic rings. The molecule has 0 bridgehead atoms. The van der Waals surface area contributed by atoms with Crippen LogP contribution in [0.4, 0.5) is 0 Å². The van der Waals surface area contributed by atoms with E-state index in [0.717, 1.165) is 31.1 Å².